The summed E-state index contributed by atoms with van der Waals surface area (Å²) in [7, 11) is 1.72. The molecule has 0 spiro atoms. The third kappa shape index (κ3) is 7.16. The van der Waals surface area contributed by atoms with Gasteiger partial charge in [0.1, 0.15) is 18.2 Å². The molecule has 1 saturated heterocycles. The highest BCUT2D eigenvalue weighted by Gasteiger charge is 2.21. The molecule has 166 valence electrons. The van der Waals surface area contributed by atoms with Gasteiger partial charge in [-0.3, -0.25) is 9.79 Å². The first-order chi connectivity index (χ1) is 15.2. The molecule has 8 heteroatoms. The molecule has 0 aliphatic carbocycles. The number of nitrogens with zero attached hydrogens (tertiary/aromatic N) is 4. The van der Waals surface area contributed by atoms with E-state index in [0.717, 1.165) is 37.7 Å². The van der Waals surface area contributed by atoms with Crippen molar-refractivity contribution in [3.8, 4) is 5.75 Å². The summed E-state index contributed by atoms with van der Waals surface area (Å²) in [5.41, 5.74) is 1.21. The Morgan fingerprint density at radius 1 is 1.06 bits per heavy atom. The number of nitrogens with one attached hydrogen (secondary N) is 2. The van der Waals surface area contributed by atoms with Gasteiger partial charge in [-0.2, -0.15) is 0 Å². The molecule has 0 atom stereocenters. The van der Waals surface area contributed by atoms with Crippen molar-refractivity contribution >= 4 is 17.7 Å². The smallest absolute Gasteiger partial charge is 0.224 e. The topological polar surface area (TPSA) is 82.1 Å². The lowest BCUT2D eigenvalue weighted by Crippen LogP contribution is -2.49. The zero-order valence-electron chi connectivity index (χ0n) is 18.4. The standard InChI is InChI=1S/C23H32N6O2/c1-19-6-8-20(9-7-19)31-18-13-27-23(24-2)26-12-10-22(30)29-16-14-28(15-17-29)21-5-3-4-11-25-21/h3-9,11H,10,12-18H2,1-2H3,(H2,24,26,27). The average Bonchev–Trinajstić information content (AvgIpc) is 2.82. The summed E-state index contributed by atoms with van der Waals surface area (Å²) in [5, 5.41) is 6.40. The number of pyridine rings is 1. The van der Waals surface area contributed by atoms with Crippen molar-refractivity contribution in [2.45, 2.75) is 13.3 Å². The minimum Gasteiger partial charge on any atom is -0.492 e. The van der Waals surface area contributed by atoms with E-state index in [4.69, 9.17) is 4.74 Å². The van der Waals surface area contributed by atoms with Gasteiger partial charge in [-0.15, -0.1) is 0 Å². The van der Waals surface area contributed by atoms with Gasteiger partial charge < -0.3 is 25.2 Å². The van der Waals surface area contributed by atoms with Gasteiger partial charge in [-0.25, -0.2) is 4.98 Å². The second kappa shape index (κ2) is 11.8. The van der Waals surface area contributed by atoms with Gasteiger partial charge in [-0.1, -0.05) is 23.8 Å². The summed E-state index contributed by atoms with van der Waals surface area (Å²) in [4.78, 5) is 25.2. The van der Waals surface area contributed by atoms with Gasteiger partial charge in [0.25, 0.3) is 0 Å². The Kier molecular flexibility index (Phi) is 8.51. The van der Waals surface area contributed by atoms with Crippen molar-refractivity contribution in [1.82, 2.24) is 20.5 Å². The van der Waals surface area contributed by atoms with Crippen LogP contribution in [0.5, 0.6) is 5.75 Å². The quantitative estimate of drug-likeness (QED) is 0.381. The molecule has 0 unspecified atom stereocenters. The van der Waals surface area contributed by atoms with E-state index in [1.54, 1.807) is 13.2 Å². The van der Waals surface area contributed by atoms with Crippen LogP contribution in [0.2, 0.25) is 0 Å². The number of aromatic nitrogens is 1. The van der Waals surface area contributed by atoms with Crippen LogP contribution in [0.3, 0.4) is 0 Å². The van der Waals surface area contributed by atoms with Gasteiger partial charge in [0, 0.05) is 52.4 Å². The van der Waals surface area contributed by atoms with Crippen LogP contribution in [0.15, 0.2) is 53.7 Å². The number of guanidine groups is 1. The van der Waals surface area contributed by atoms with Crippen LogP contribution in [0.4, 0.5) is 5.82 Å². The van der Waals surface area contributed by atoms with Crippen LogP contribution < -0.4 is 20.3 Å². The van der Waals surface area contributed by atoms with E-state index in [2.05, 4.69) is 25.5 Å². The van der Waals surface area contributed by atoms with E-state index >= 15 is 0 Å². The van der Waals surface area contributed by atoms with E-state index in [1.165, 1.54) is 5.56 Å². The van der Waals surface area contributed by atoms with Crippen LogP contribution in [0.25, 0.3) is 0 Å². The van der Waals surface area contributed by atoms with Gasteiger partial charge in [0.2, 0.25) is 5.91 Å². The highest BCUT2D eigenvalue weighted by molar-refractivity contribution is 5.81. The Morgan fingerprint density at radius 2 is 1.81 bits per heavy atom. The Bertz CT molecular complexity index is 833. The van der Waals surface area contributed by atoms with Crippen LogP contribution in [-0.2, 0) is 4.79 Å². The van der Waals surface area contributed by atoms with Gasteiger partial charge in [0.15, 0.2) is 5.96 Å². The summed E-state index contributed by atoms with van der Waals surface area (Å²) in [6.45, 7) is 6.80. The molecular weight excluding hydrogens is 392 g/mol. The molecule has 0 bridgehead atoms. The summed E-state index contributed by atoms with van der Waals surface area (Å²) in [6, 6.07) is 13.9. The molecule has 2 heterocycles. The second-order valence-electron chi connectivity index (χ2n) is 7.39. The first-order valence-electron chi connectivity index (χ1n) is 10.7. The molecule has 0 radical (unpaired) electrons. The number of hydrogen-bond donors (Lipinski definition) is 2. The Labute approximate surface area is 184 Å². The van der Waals surface area contributed by atoms with Gasteiger partial charge >= 0.3 is 0 Å². The number of carbonyl (C=O) groups is 1. The molecule has 1 aliphatic rings. The highest BCUT2D eigenvalue weighted by Crippen LogP contribution is 2.13. The monoisotopic (exact) mass is 424 g/mol. The molecule has 8 nitrogen and oxygen atoms in total. The Morgan fingerprint density at radius 3 is 2.48 bits per heavy atom. The van der Waals surface area contributed by atoms with Crippen molar-refractivity contribution in [3.05, 3.63) is 54.2 Å². The van der Waals surface area contributed by atoms with Crippen molar-refractivity contribution in [3.63, 3.8) is 0 Å². The number of ether oxygens (including phenoxy) is 1. The van der Waals surface area contributed by atoms with E-state index in [-0.39, 0.29) is 5.91 Å². The number of anilines is 1. The maximum Gasteiger partial charge on any atom is 0.224 e. The van der Waals surface area contributed by atoms with E-state index in [0.29, 0.717) is 32.1 Å². The number of aryl methyl sites for hydroxylation is 1. The largest absolute Gasteiger partial charge is 0.492 e. The van der Waals surface area contributed by atoms with Crippen LogP contribution in [0.1, 0.15) is 12.0 Å². The van der Waals surface area contributed by atoms with Crippen LogP contribution in [0, 0.1) is 6.92 Å². The molecule has 31 heavy (non-hydrogen) atoms. The first-order valence-corrected chi connectivity index (χ1v) is 10.7. The van der Waals surface area contributed by atoms with E-state index < -0.39 is 0 Å². The molecule has 0 saturated carbocycles. The third-order valence-electron chi connectivity index (χ3n) is 5.14. The molecule has 3 rings (SSSR count). The molecular formula is C23H32N6O2. The number of rotatable bonds is 8. The molecule has 1 amide bonds. The fraction of sp³-hybridized carbons (Fsp3) is 0.435. The van der Waals surface area contributed by atoms with Crippen molar-refractivity contribution in [2.24, 2.45) is 4.99 Å². The molecule has 1 aromatic heterocycles. The number of carbonyl (C=O) groups excluding carboxylic acids is 1. The van der Waals surface area contributed by atoms with Crippen LogP contribution >= 0.6 is 0 Å². The fourth-order valence-electron chi connectivity index (χ4n) is 3.37. The predicted octanol–water partition coefficient (Wildman–Crippen LogP) is 1.67. The van der Waals surface area contributed by atoms with E-state index in [1.807, 2.05) is 54.3 Å². The normalized spacial score (nSPS) is 14.3. The molecule has 1 fully saturated rings. The lowest BCUT2D eigenvalue weighted by atomic mass is 10.2. The average molecular weight is 425 g/mol. The maximum absolute atomic E-state index is 12.5. The third-order valence-corrected chi connectivity index (χ3v) is 5.14. The number of hydrogen-bond acceptors (Lipinski definition) is 5. The van der Waals surface area contributed by atoms with Crippen molar-refractivity contribution < 1.29 is 9.53 Å². The minimum absolute atomic E-state index is 0.159. The summed E-state index contributed by atoms with van der Waals surface area (Å²) >= 11 is 0. The SMILES string of the molecule is CN=C(NCCOc1ccc(C)cc1)NCCC(=O)N1CCN(c2ccccn2)CC1. The molecule has 2 aromatic rings. The molecule has 2 N–H and O–H groups in total. The number of aliphatic imine (C=N–C) groups is 1. The highest BCUT2D eigenvalue weighted by atomic mass is 16.5. The Hall–Kier alpha value is -3.29. The number of benzene rings is 1. The molecule has 1 aromatic carbocycles. The fourth-order valence-corrected chi connectivity index (χ4v) is 3.37. The van der Waals surface area contributed by atoms with Crippen molar-refractivity contribution in [1.29, 1.82) is 0 Å². The Balaban J connectivity index is 1.29. The zero-order chi connectivity index (χ0) is 21.9. The number of piperazine rings is 1. The maximum atomic E-state index is 12.5. The lowest BCUT2D eigenvalue weighted by Gasteiger charge is -2.35. The predicted molar refractivity (Wildman–Crippen MR) is 124 cm³/mol. The van der Waals surface area contributed by atoms with Gasteiger partial charge in [0.05, 0.1) is 6.54 Å². The summed E-state index contributed by atoms with van der Waals surface area (Å²) < 4.78 is 5.70. The van der Waals surface area contributed by atoms with Crippen molar-refractivity contribution in [2.75, 3.05) is 57.8 Å². The number of amides is 1. The van der Waals surface area contributed by atoms with Crippen LogP contribution in [-0.4, -0.2) is 74.7 Å². The van der Waals surface area contributed by atoms with Gasteiger partial charge in [-0.05, 0) is 31.2 Å². The first kappa shape index (κ1) is 22.4. The summed E-state index contributed by atoms with van der Waals surface area (Å²) in [5.74, 6) is 2.65. The molecule has 1 aliphatic heterocycles. The summed E-state index contributed by atoms with van der Waals surface area (Å²) in [6.07, 6.45) is 2.23. The van der Waals surface area contributed by atoms with E-state index in [9.17, 15) is 4.79 Å². The zero-order valence-corrected chi connectivity index (χ0v) is 18.4. The lowest BCUT2D eigenvalue weighted by molar-refractivity contribution is -0.131. The minimum atomic E-state index is 0.159. The second-order valence-corrected chi connectivity index (χ2v) is 7.39.